The molecule has 21 heavy (non-hydrogen) atoms. The lowest BCUT2D eigenvalue weighted by Gasteiger charge is -2.11. The molecule has 0 heterocycles. The molecule has 0 saturated carbocycles. The maximum absolute atomic E-state index is 11.3. The predicted octanol–water partition coefficient (Wildman–Crippen LogP) is 3.95. The summed E-state index contributed by atoms with van der Waals surface area (Å²) in [5.74, 6) is 0. The number of nitrogens with zero attached hydrogens (tertiary/aromatic N) is 1. The molecule has 0 saturated heterocycles. The Morgan fingerprint density at radius 1 is 1.10 bits per heavy atom. The van der Waals surface area contributed by atoms with Crippen LogP contribution in [-0.2, 0) is 6.54 Å². The smallest absolute Gasteiger partial charge is 0.315 e. The van der Waals surface area contributed by atoms with Crippen LogP contribution in [0.1, 0.15) is 18.1 Å². The Bertz CT molecular complexity index is 641. The number of para-hydroxylation sites is 1. The number of hydrogen-bond acceptors (Lipinski definition) is 4. The Hall–Kier alpha value is -2.56. The standard InChI is InChI=1S/C16H19N3O2/c1-3-17-14-8-5-9-15(16(14)19(20)21)18-11-13-7-4-6-12(2)10-13/h4-10,17-18H,3,11H2,1-2H3. The number of anilines is 2. The van der Waals surface area contributed by atoms with E-state index in [1.165, 1.54) is 5.56 Å². The normalized spacial score (nSPS) is 10.2. The summed E-state index contributed by atoms with van der Waals surface area (Å²) in [7, 11) is 0. The van der Waals surface area contributed by atoms with Crippen LogP contribution in [0.4, 0.5) is 17.1 Å². The van der Waals surface area contributed by atoms with Gasteiger partial charge in [-0.25, -0.2) is 0 Å². The quantitative estimate of drug-likeness (QED) is 0.623. The van der Waals surface area contributed by atoms with Gasteiger partial charge in [0.25, 0.3) is 0 Å². The molecule has 5 nitrogen and oxygen atoms in total. The molecule has 0 aliphatic carbocycles. The van der Waals surface area contributed by atoms with Gasteiger partial charge in [-0.15, -0.1) is 0 Å². The zero-order valence-electron chi connectivity index (χ0n) is 12.2. The van der Waals surface area contributed by atoms with Gasteiger partial charge in [0, 0.05) is 13.1 Å². The molecule has 0 aliphatic heterocycles. The molecule has 0 radical (unpaired) electrons. The van der Waals surface area contributed by atoms with Gasteiger partial charge in [-0.1, -0.05) is 35.9 Å². The number of nitrogens with one attached hydrogen (secondary N) is 2. The van der Waals surface area contributed by atoms with E-state index in [2.05, 4.69) is 16.7 Å². The van der Waals surface area contributed by atoms with E-state index < -0.39 is 0 Å². The lowest BCUT2D eigenvalue weighted by molar-refractivity contribution is -0.383. The average Bonchev–Trinajstić information content (AvgIpc) is 2.45. The molecule has 0 aromatic heterocycles. The molecule has 0 unspecified atom stereocenters. The zero-order valence-corrected chi connectivity index (χ0v) is 12.2. The summed E-state index contributed by atoms with van der Waals surface area (Å²) in [5, 5.41) is 17.5. The predicted molar refractivity (Wildman–Crippen MR) is 85.8 cm³/mol. The van der Waals surface area contributed by atoms with Crippen LogP contribution in [0, 0.1) is 17.0 Å². The third kappa shape index (κ3) is 3.72. The van der Waals surface area contributed by atoms with E-state index in [0.717, 1.165) is 5.56 Å². The van der Waals surface area contributed by atoms with Crippen molar-refractivity contribution in [3.05, 3.63) is 63.7 Å². The Kier molecular flexibility index (Phi) is 4.77. The average molecular weight is 285 g/mol. The maximum Gasteiger partial charge on any atom is 0.315 e. The van der Waals surface area contributed by atoms with Gasteiger partial charge in [0.1, 0.15) is 11.4 Å². The van der Waals surface area contributed by atoms with Crippen molar-refractivity contribution in [2.45, 2.75) is 20.4 Å². The van der Waals surface area contributed by atoms with Crippen molar-refractivity contribution in [1.82, 2.24) is 0 Å². The number of benzene rings is 2. The summed E-state index contributed by atoms with van der Waals surface area (Å²) in [6.45, 7) is 5.13. The highest BCUT2D eigenvalue weighted by atomic mass is 16.6. The molecule has 2 aromatic carbocycles. The molecule has 0 amide bonds. The second-order valence-corrected chi connectivity index (χ2v) is 4.83. The number of nitro benzene ring substituents is 1. The molecule has 0 spiro atoms. The molecular formula is C16H19N3O2. The highest BCUT2D eigenvalue weighted by molar-refractivity contribution is 5.76. The Morgan fingerprint density at radius 3 is 2.38 bits per heavy atom. The first-order valence-corrected chi connectivity index (χ1v) is 6.92. The molecule has 2 aromatic rings. The Morgan fingerprint density at radius 2 is 1.76 bits per heavy atom. The van der Waals surface area contributed by atoms with Crippen molar-refractivity contribution in [3.63, 3.8) is 0 Å². The minimum Gasteiger partial charge on any atom is -0.380 e. The zero-order chi connectivity index (χ0) is 15.2. The molecular weight excluding hydrogens is 266 g/mol. The molecule has 2 rings (SSSR count). The van der Waals surface area contributed by atoms with E-state index in [1.54, 1.807) is 12.1 Å². The van der Waals surface area contributed by atoms with Gasteiger partial charge >= 0.3 is 5.69 Å². The SMILES string of the molecule is CCNc1cccc(NCc2cccc(C)c2)c1[N+](=O)[O-]. The van der Waals surface area contributed by atoms with Crippen LogP contribution in [0.15, 0.2) is 42.5 Å². The summed E-state index contributed by atoms with van der Waals surface area (Å²) in [6.07, 6.45) is 0. The number of rotatable bonds is 6. The van der Waals surface area contributed by atoms with E-state index in [0.29, 0.717) is 24.5 Å². The van der Waals surface area contributed by atoms with Crippen LogP contribution in [-0.4, -0.2) is 11.5 Å². The van der Waals surface area contributed by atoms with Crippen molar-refractivity contribution in [2.75, 3.05) is 17.2 Å². The maximum atomic E-state index is 11.3. The first-order valence-electron chi connectivity index (χ1n) is 6.92. The summed E-state index contributed by atoms with van der Waals surface area (Å²) < 4.78 is 0. The highest BCUT2D eigenvalue weighted by Crippen LogP contribution is 2.33. The fourth-order valence-corrected chi connectivity index (χ4v) is 2.24. The van der Waals surface area contributed by atoms with Gasteiger partial charge < -0.3 is 10.6 Å². The van der Waals surface area contributed by atoms with Crippen LogP contribution in [0.25, 0.3) is 0 Å². The van der Waals surface area contributed by atoms with Gasteiger partial charge in [0.15, 0.2) is 0 Å². The minimum atomic E-state index is -0.351. The molecule has 5 heteroatoms. The fraction of sp³-hybridized carbons (Fsp3) is 0.250. The number of hydrogen-bond donors (Lipinski definition) is 2. The summed E-state index contributed by atoms with van der Waals surface area (Å²) in [5.41, 5.74) is 3.42. The highest BCUT2D eigenvalue weighted by Gasteiger charge is 2.18. The first-order chi connectivity index (χ1) is 10.1. The van der Waals surface area contributed by atoms with E-state index in [-0.39, 0.29) is 10.6 Å². The van der Waals surface area contributed by atoms with E-state index in [4.69, 9.17) is 0 Å². The van der Waals surface area contributed by atoms with Crippen molar-refractivity contribution in [3.8, 4) is 0 Å². The second kappa shape index (κ2) is 6.74. The Labute approximate surface area is 124 Å². The van der Waals surface area contributed by atoms with Crippen molar-refractivity contribution >= 4 is 17.1 Å². The molecule has 0 bridgehead atoms. The summed E-state index contributed by atoms with van der Waals surface area (Å²) in [4.78, 5) is 11.0. The lowest BCUT2D eigenvalue weighted by atomic mass is 10.1. The molecule has 0 fully saturated rings. The topological polar surface area (TPSA) is 67.2 Å². The van der Waals surface area contributed by atoms with Gasteiger partial charge in [-0.05, 0) is 31.5 Å². The van der Waals surface area contributed by atoms with Gasteiger partial charge in [0.2, 0.25) is 0 Å². The van der Waals surface area contributed by atoms with Crippen LogP contribution in [0.3, 0.4) is 0 Å². The van der Waals surface area contributed by atoms with E-state index in [9.17, 15) is 10.1 Å². The first kappa shape index (κ1) is 14.8. The number of nitro groups is 1. The summed E-state index contributed by atoms with van der Waals surface area (Å²) >= 11 is 0. The van der Waals surface area contributed by atoms with Gasteiger partial charge in [0.05, 0.1) is 4.92 Å². The van der Waals surface area contributed by atoms with Gasteiger partial charge in [-0.3, -0.25) is 10.1 Å². The summed E-state index contributed by atoms with van der Waals surface area (Å²) in [6, 6.07) is 13.3. The second-order valence-electron chi connectivity index (χ2n) is 4.83. The third-order valence-corrected chi connectivity index (χ3v) is 3.15. The van der Waals surface area contributed by atoms with Crippen molar-refractivity contribution in [1.29, 1.82) is 0 Å². The molecule has 0 aliphatic rings. The van der Waals surface area contributed by atoms with Crippen LogP contribution < -0.4 is 10.6 Å². The monoisotopic (exact) mass is 285 g/mol. The van der Waals surface area contributed by atoms with Crippen LogP contribution in [0.5, 0.6) is 0 Å². The van der Waals surface area contributed by atoms with E-state index in [1.807, 2.05) is 38.1 Å². The molecule has 110 valence electrons. The number of aryl methyl sites for hydroxylation is 1. The van der Waals surface area contributed by atoms with E-state index >= 15 is 0 Å². The lowest BCUT2D eigenvalue weighted by Crippen LogP contribution is -2.06. The van der Waals surface area contributed by atoms with Crippen LogP contribution >= 0.6 is 0 Å². The minimum absolute atomic E-state index is 0.0898. The molecule has 0 atom stereocenters. The fourth-order valence-electron chi connectivity index (χ4n) is 2.24. The van der Waals surface area contributed by atoms with Crippen molar-refractivity contribution in [2.24, 2.45) is 0 Å². The Balaban J connectivity index is 2.23. The largest absolute Gasteiger partial charge is 0.380 e. The molecule has 2 N–H and O–H groups in total. The third-order valence-electron chi connectivity index (χ3n) is 3.15. The van der Waals surface area contributed by atoms with Crippen molar-refractivity contribution < 1.29 is 4.92 Å². The van der Waals surface area contributed by atoms with Crippen LogP contribution in [0.2, 0.25) is 0 Å². The van der Waals surface area contributed by atoms with Gasteiger partial charge in [-0.2, -0.15) is 0 Å².